The third-order valence-electron chi connectivity index (χ3n) is 5.39. The number of amidine groups is 1. The number of hydrazine groups is 1. The first kappa shape index (κ1) is 28.9. The SMILES string of the molecule is CN/C=C\C(N)=Nc1cc(-c2cc(C(F)F)ccc2OC)c(C(=O)NC(C)SC(C#CC2CC2)NN)cn1. The number of nitrogens with one attached hydrogen (secondary N) is 3. The van der Waals surface area contributed by atoms with E-state index in [9.17, 15) is 13.6 Å². The number of methoxy groups -OCH3 is 1. The second kappa shape index (κ2) is 13.8. The van der Waals surface area contributed by atoms with Gasteiger partial charge in [0.2, 0.25) is 0 Å². The maximum absolute atomic E-state index is 13.6. The predicted molar refractivity (Wildman–Crippen MR) is 147 cm³/mol. The number of thioether (sulfide) groups is 1. The first-order chi connectivity index (χ1) is 18.2. The van der Waals surface area contributed by atoms with Gasteiger partial charge in [-0.15, -0.1) is 11.8 Å². The molecule has 1 aliphatic carbocycles. The molecule has 1 amide bonds. The Bertz CT molecular complexity index is 1260. The van der Waals surface area contributed by atoms with Gasteiger partial charge in [-0.1, -0.05) is 11.8 Å². The number of benzene rings is 1. The molecule has 1 heterocycles. The van der Waals surface area contributed by atoms with Crippen molar-refractivity contribution in [3.63, 3.8) is 0 Å². The first-order valence-electron chi connectivity index (χ1n) is 11.8. The van der Waals surface area contributed by atoms with Gasteiger partial charge >= 0.3 is 0 Å². The minimum atomic E-state index is -2.72. The molecule has 1 aromatic carbocycles. The highest BCUT2D eigenvalue weighted by molar-refractivity contribution is 8.00. The predicted octanol–water partition coefficient (Wildman–Crippen LogP) is 3.43. The van der Waals surface area contributed by atoms with Crippen molar-refractivity contribution < 1.29 is 18.3 Å². The fourth-order valence-corrected chi connectivity index (χ4v) is 4.15. The second-order valence-corrected chi connectivity index (χ2v) is 9.82. The molecule has 12 heteroatoms. The summed E-state index contributed by atoms with van der Waals surface area (Å²) in [5, 5.41) is 4.93. The minimum Gasteiger partial charge on any atom is -0.496 e. The van der Waals surface area contributed by atoms with E-state index in [1.807, 2.05) is 0 Å². The van der Waals surface area contributed by atoms with Gasteiger partial charge in [-0.3, -0.25) is 10.6 Å². The minimum absolute atomic E-state index is 0.145. The smallest absolute Gasteiger partial charge is 0.263 e. The van der Waals surface area contributed by atoms with Gasteiger partial charge in [-0.2, -0.15) is 0 Å². The molecule has 0 aliphatic heterocycles. The van der Waals surface area contributed by atoms with E-state index in [1.54, 1.807) is 20.2 Å². The van der Waals surface area contributed by atoms with E-state index in [0.29, 0.717) is 17.2 Å². The van der Waals surface area contributed by atoms with E-state index >= 15 is 0 Å². The maximum Gasteiger partial charge on any atom is 0.263 e. The Morgan fingerprint density at radius 2 is 2.08 bits per heavy atom. The highest BCUT2D eigenvalue weighted by Crippen LogP contribution is 2.37. The molecule has 2 aromatic rings. The van der Waals surface area contributed by atoms with Crippen LogP contribution in [0, 0.1) is 17.8 Å². The molecule has 1 fully saturated rings. The Labute approximate surface area is 224 Å². The monoisotopic (exact) mass is 543 g/mol. The van der Waals surface area contributed by atoms with Crippen LogP contribution in [0.1, 0.15) is 42.1 Å². The van der Waals surface area contributed by atoms with E-state index in [4.69, 9.17) is 16.3 Å². The summed E-state index contributed by atoms with van der Waals surface area (Å²) in [6.45, 7) is 1.80. The molecule has 9 nitrogen and oxygen atoms in total. The zero-order valence-electron chi connectivity index (χ0n) is 21.3. The van der Waals surface area contributed by atoms with Crippen molar-refractivity contribution in [2.24, 2.45) is 22.5 Å². The van der Waals surface area contributed by atoms with Crippen LogP contribution < -0.4 is 32.4 Å². The number of alkyl halides is 2. The lowest BCUT2D eigenvalue weighted by Gasteiger charge is -2.19. The fraction of sp³-hybridized carbons (Fsp3) is 0.346. The van der Waals surface area contributed by atoms with Gasteiger partial charge in [0.1, 0.15) is 17.0 Å². The zero-order valence-corrected chi connectivity index (χ0v) is 22.1. The van der Waals surface area contributed by atoms with Gasteiger partial charge in [-0.05, 0) is 56.3 Å². The van der Waals surface area contributed by atoms with Gasteiger partial charge < -0.3 is 21.1 Å². The van der Waals surface area contributed by atoms with E-state index in [0.717, 1.165) is 12.8 Å². The summed E-state index contributed by atoms with van der Waals surface area (Å²) in [6, 6.07) is 5.49. The Balaban J connectivity index is 1.98. The highest BCUT2D eigenvalue weighted by atomic mass is 32.2. The summed E-state index contributed by atoms with van der Waals surface area (Å²) in [5.74, 6) is 12.4. The number of halogens is 2. The third-order valence-corrected chi connectivity index (χ3v) is 6.44. The summed E-state index contributed by atoms with van der Waals surface area (Å²) >= 11 is 1.33. The van der Waals surface area contributed by atoms with Gasteiger partial charge in [0, 0.05) is 35.9 Å². The Kier molecular flexibility index (Phi) is 10.5. The van der Waals surface area contributed by atoms with Crippen molar-refractivity contribution in [3.8, 4) is 28.7 Å². The van der Waals surface area contributed by atoms with Crippen LogP contribution in [0.4, 0.5) is 14.6 Å². The van der Waals surface area contributed by atoms with Crippen molar-refractivity contribution in [2.75, 3.05) is 14.2 Å². The number of pyridine rings is 1. The van der Waals surface area contributed by atoms with Crippen molar-refractivity contribution in [1.82, 2.24) is 21.0 Å². The Morgan fingerprint density at radius 3 is 2.71 bits per heavy atom. The van der Waals surface area contributed by atoms with Crippen molar-refractivity contribution in [1.29, 1.82) is 0 Å². The molecule has 7 N–H and O–H groups in total. The van der Waals surface area contributed by atoms with Crippen LogP contribution in [-0.2, 0) is 0 Å². The molecule has 0 saturated heterocycles. The largest absolute Gasteiger partial charge is 0.496 e. The van der Waals surface area contributed by atoms with Crippen LogP contribution in [0.25, 0.3) is 11.1 Å². The Hall–Kier alpha value is -3.66. The average molecular weight is 544 g/mol. The number of ether oxygens (including phenoxy) is 1. The average Bonchev–Trinajstić information content (AvgIpc) is 3.73. The summed E-state index contributed by atoms with van der Waals surface area (Å²) in [4.78, 5) is 21.9. The molecule has 3 rings (SSSR count). The van der Waals surface area contributed by atoms with Gasteiger partial charge in [-0.25, -0.2) is 24.2 Å². The van der Waals surface area contributed by atoms with Crippen molar-refractivity contribution in [3.05, 3.63) is 53.9 Å². The van der Waals surface area contributed by atoms with Crippen molar-refractivity contribution >= 4 is 29.3 Å². The van der Waals surface area contributed by atoms with E-state index in [1.165, 1.54) is 55.4 Å². The number of hydrogen-bond donors (Lipinski definition) is 5. The van der Waals surface area contributed by atoms with E-state index in [-0.39, 0.29) is 39.1 Å². The van der Waals surface area contributed by atoms with Crippen LogP contribution >= 0.6 is 11.8 Å². The number of hydrogen-bond acceptors (Lipinski definition) is 8. The number of nitrogens with two attached hydrogens (primary N) is 2. The standard InChI is InChI=1S/C26H31F2N7O2S/c1-15(38-24(35-30)9-6-16-4-5-16)33-26(36)20-14-32-23(34-22(29)10-11-31-2)13-18(20)19-12-17(25(27)28)7-8-21(19)37-3/h7-8,10-16,24-25,31,35H,4-5,30H2,1-3H3,(H,33,36)(H2,29,32,34)/b11-10-. The van der Waals surface area contributed by atoms with Crippen LogP contribution in [0.5, 0.6) is 5.75 Å². The number of aliphatic imine (C=N–C) groups is 1. The molecule has 0 bridgehead atoms. The molecular weight excluding hydrogens is 512 g/mol. The molecule has 2 unspecified atom stereocenters. The zero-order chi connectivity index (χ0) is 27.7. The molecule has 0 radical (unpaired) electrons. The summed E-state index contributed by atoms with van der Waals surface area (Å²) in [6.07, 6.45) is 3.92. The lowest BCUT2D eigenvalue weighted by Crippen LogP contribution is -2.37. The molecule has 1 saturated carbocycles. The quantitative estimate of drug-likeness (QED) is 0.0726. The molecule has 1 aromatic heterocycles. The van der Waals surface area contributed by atoms with Gasteiger partial charge in [0.15, 0.2) is 5.82 Å². The summed E-state index contributed by atoms with van der Waals surface area (Å²) in [7, 11) is 3.13. The number of rotatable bonds is 11. The highest BCUT2D eigenvalue weighted by Gasteiger charge is 2.22. The van der Waals surface area contributed by atoms with Crippen LogP contribution in [0.3, 0.4) is 0 Å². The topological polar surface area (TPSA) is 140 Å². The van der Waals surface area contributed by atoms with E-state index in [2.05, 4.69) is 37.9 Å². The fourth-order valence-electron chi connectivity index (χ4n) is 3.36. The number of amides is 1. The number of aromatic nitrogens is 1. The van der Waals surface area contributed by atoms with Gasteiger partial charge in [0.05, 0.1) is 18.0 Å². The van der Waals surface area contributed by atoms with Crippen LogP contribution in [0.2, 0.25) is 0 Å². The Morgan fingerprint density at radius 1 is 1.32 bits per heavy atom. The van der Waals surface area contributed by atoms with Gasteiger partial charge in [0.25, 0.3) is 12.3 Å². The molecule has 1 aliphatic rings. The number of nitrogens with zero attached hydrogens (tertiary/aromatic N) is 2. The molecule has 2 atom stereocenters. The lowest BCUT2D eigenvalue weighted by atomic mass is 9.98. The number of carbonyl (C=O) groups is 1. The third kappa shape index (κ3) is 8.17. The second-order valence-electron chi connectivity index (χ2n) is 8.37. The molecule has 38 heavy (non-hydrogen) atoms. The molecule has 202 valence electrons. The number of carbonyl (C=O) groups excluding carboxylic acids is 1. The first-order valence-corrected chi connectivity index (χ1v) is 12.8. The van der Waals surface area contributed by atoms with E-state index < -0.39 is 12.3 Å². The van der Waals surface area contributed by atoms with Crippen LogP contribution in [0.15, 0.2) is 47.7 Å². The molecular formula is C26H31F2N7O2S. The normalized spacial score (nSPS) is 15.1. The lowest BCUT2D eigenvalue weighted by molar-refractivity contribution is 0.0952. The van der Waals surface area contributed by atoms with Crippen LogP contribution in [-0.4, -0.2) is 41.6 Å². The summed E-state index contributed by atoms with van der Waals surface area (Å²) in [5.41, 5.74) is 9.08. The molecule has 0 spiro atoms. The maximum atomic E-state index is 13.6. The summed E-state index contributed by atoms with van der Waals surface area (Å²) < 4.78 is 32.5. The van der Waals surface area contributed by atoms with Crippen molar-refractivity contribution in [2.45, 2.75) is 36.9 Å².